The zero-order chi connectivity index (χ0) is 14.7. The predicted molar refractivity (Wildman–Crippen MR) is 85.2 cm³/mol. The Morgan fingerprint density at radius 1 is 1.40 bits per heavy atom. The van der Waals surface area contributed by atoms with Crippen molar-refractivity contribution in [1.29, 1.82) is 0 Å². The molecular formula is C15H21N3OS. The highest BCUT2D eigenvalue weighted by atomic mass is 32.1. The molecule has 0 aliphatic carbocycles. The van der Waals surface area contributed by atoms with Crippen LogP contribution in [0.3, 0.4) is 0 Å². The Bertz CT molecular complexity index is 580. The minimum Gasteiger partial charge on any atom is -0.497 e. The number of thiazole rings is 1. The SMILES string of the molecule is COc1cccc(N(C)c2nc(C(C)C)c(CN)s2)c1. The monoisotopic (exact) mass is 291 g/mol. The minimum atomic E-state index is 0.386. The maximum absolute atomic E-state index is 5.82. The van der Waals surface area contributed by atoms with Gasteiger partial charge in [-0.05, 0) is 18.1 Å². The summed E-state index contributed by atoms with van der Waals surface area (Å²) in [5.74, 6) is 1.23. The third-order valence-electron chi connectivity index (χ3n) is 3.18. The zero-order valence-electron chi connectivity index (χ0n) is 12.4. The Morgan fingerprint density at radius 2 is 2.15 bits per heavy atom. The van der Waals surface area contributed by atoms with Crippen molar-refractivity contribution in [2.45, 2.75) is 26.3 Å². The van der Waals surface area contributed by atoms with E-state index in [4.69, 9.17) is 15.5 Å². The van der Waals surface area contributed by atoms with Crippen molar-refractivity contribution >= 4 is 22.2 Å². The first-order chi connectivity index (χ1) is 9.56. The third-order valence-corrected chi connectivity index (χ3v) is 4.35. The van der Waals surface area contributed by atoms with Gasteiger partial charge in [0.1, 0.15) is 5.75 Å². The molecule has 0 unspecified atom stereocenters. The van der Waals surface area contributed by atoms with Gasteiger partial charge >= 0.3 is 0 Å². The third kappa shape index (κ3) is 2.94. The van der Waals surface area contributed by atoms with Crippen LogP contribution in [0.15, 0.2) is 24.3 Å². The minimum absolute atomic E-state index is 0.386. The van der Waals surface area contributed by atoms with Gasteiger partial charge in [0.05, 0.1) is 12.8 Å². The van der Waals surface area contributed by atoms with Crippen molar-refractivity contribution in [3.05, 3.63) is 34.8 Å². The average Bonchev–Trinajstić information content (AvgIpc) is 2.91. The molecule has 108 valence electrons. The number of benzene rings is 1. The van der Waals surface area contributed by atoms with Gasteiger partial charge in [-0.2, -0.15) is 0 Å². The highest BCUT2D eigenvalue weighted by Gasteiger charge is 2.16. The van der Waals surface area contributed by atoms with Gasteiger partial charge in [0.2, 0.25) is 0 Å². The molecule has 0 fully saturated rings. The largest absolute Gasteiger partial charge is 0.497 e. The second-order valence-corrected chi connectivity index (χ2v) is 5.99. The molecule has 2 rings (SSSR count). The topological polar surface area (TPSA) is 51.4 Å². The van der Waals surface area contributed by atoms with E-state index in [2.05, 4.69) is 18.7 Å². The van der Waals surface area contributed by atoms with E-state index in [-0.39, 0.29) is 0 Å². The number of ether oxygens (including phenoxy) is 1. The average molecular weight is 291 g/mol. The molecular weight excluding hydrogens is 270 g/mol. The van der Waals surface area contributed by atoms with Crippen LogP contribution in [0.5, 0.6) is 5.75 Å². The lowest BCUT2D eigenvalue weighted by molar-refractivity contribution is 0.415. The van der Waals surface area contributed by atoms with Crippen molar-refractivity contribution in [3.8, 4) is 5.75 Å². The number of hydrogen-bond donors (Lipinski definition) is 1. The van der Waals surface area contributed by atoms with Crippen molar-refractivity contribution < 1.29 is 4.74 Å². The lowest BCUT2D eigenvalue weighted by Crippen LogP contribution is -2.09. The molecule has 0 amide bonds. The normalized spacial score (nSPS) is 10.9. The second kappa shape index (κ2) is 6.24. The maximum Gasteiger partial charge on any atom is 0.190 e. The van der Waals surface area contributed by atoms with Gasteiger partial charge in [0.25, 0.3) is 0 Å². The standard InChI is InChI=1S/C15H21N3OS/c1-10(2)14-13(9-16)20-15(17-14)18(3)11-6-5-7-12(8-11)19-4/h5-8,10H,9,16H2,1-4H3. The first kappa shape index (κ1) is 14.8. The molecule has 0 bridgehead atoms. The summed E-state index contributed by atoms with van der Waals surface area (Å²) >= 11 is 1.65. The smallest absolute Gasteiger partial charge is 0.190 e. The zero-order valence-corrected chi connectivity index (χ0v) is 13.2. The molecule has 2 N–H and O–H groups in total. The molecule has 4 nitrogen and oxygen atoms in total. The molecule has 0 radical (unpaired) electrons. The number of anilines is 2. The Labute approximate surface area is 124 Å². The summed E-state index contributed by atoms with van der Waals surface area (Å²) < 4.78 is 5.27. The van der Waals surface area contributed by atoms with Crippen LogP contribution in [0, 0.1) is 0 Å². The van der Waals surface area contributed by atoms with Crippen LogP contribution in [-0.2, 0) is 6.54 Å². The molecule has 0 saturated carbocycles. The molecule has 0 aliphatic rings. The molecule has 1 heterocycles. The van der Waals surface area contributed by atoms with E-state index in [1.54, 1.807) is 18.4 Å². The predicted octanol–water partition coefficient (Wildman–Crippen LogP) is 3.50. The summed E-state index contributed by atoms with van der Waals surface area (Å²) in [7, 11) is 3.68. The van der Waals surface area contributed by atoms with Gasteiger partial charge < -0.3 is 15.4 Å². The maximum atomic E-state index is 5.82. The van der Waals surface area contributed by atoms with Gasteiger partial charge in [-0.3, -0.25) is 0 Å². The lowest BCUT2D eigenvalue weighted by atomic mass is 10.1. The number of rotatable bonds is 5. The molecule has 0 aliphatic heterocycles. The summed E-state index contributed by atoms with van der Waals surface area (Å²) in [5.41, 5.74) is 7.97. The highest BCUT2D eigenvalue weighted by Crippen LogP contribution is 2.34. The molecule has 1 aromatic heterocycles. The quantitative estimate of drug-likeness (QED) is 0.916. The van der Waals surface area contributed by atoms with Crippen LogP contribution in [0.1, 0.15) is 30.3 Å². The van der Waals surface area contributed by atoms with E-state index in [0.29, 0.717) is 12.5 Å². The van der Waals surface area contributed by atoms with Crippen molar-refractivity contribution in [3.63, 3.8) is 0 Å². The lowest BCUT2D eigenvalue weighted by Gasteiger charge is -2.16. The Hall–Kier alpha value is -1.59. The van der Waals surface area contributed by atoms with Crippen molar-refractivity contribution in [2.75, 3.05) is 19.1 Å². The van der Waals surface area contributed by atoms with Crippen LogP contribution in [0.4, 0.5) is 10.8 Å². The van der Waals surface area contributed by atoms with Crippen LogP contribution in [-0.4, -0.2) is 19.1 Å². The fraction of sp³-hybridized carbons (Fsp3) is 0.400. The van der Waals surface area contributed by atoms with E-state index in [0.717, 1.165) is 27.1 Å². The molecule has 20 heavy (non-hydrogen) atoms. The molecule has 1 aromatic carbocycles. The summed E-state index contributed by atoms with van der Waals surface area (Å²) in [4.78, 5) is 7.96. The number of aromatic nitrogens is 1. The van der Waals surface area contributed by atoms with Gasteiger partial charge in [-0.15, -0.1) is 0 Å². The van der Waals surface area contributed by atoms with E-state index >= 15 is 0 Å². The van der Waals surface area contributed by atoms with E-state index < -0.39 is 0 Å². The van der Waals surface area contributed by atoms with Crippen LogP contribution in [0.2, 0.25) is 0 Å². The van der Waals surface area contributed by atoms with Crippen LogP contribution >= 0.6 is 11.3 Å². The van der Waals surface area contributed by atoms with E-state index in [9.17, 15) is 0 Å². The Balaban J connectivity index is 2.35. The second-order valence-electron chi connectivity index (χ2n) is 4.92. The van der Waals surface area contributed by atoms with Crippen LogP contribution < -0.4 is 15.4 Å². The van der Waals surface area contributed by atoms with E-state index in [1.165, 1.54) is 0 Å². The molecule has 0 spiro atoms. The first-order valence-corrected chi connectivity index (χ1v) is 7.46. The molecule has 0 atom stereocenters. The Morgan fingerprint density at radius 3 is 2.70 bits per heavy atom. The number of hydrogen-bond acceptors (Lipinski definition) is 5. The summed E-state index contributed by atoms with van der Waals surface area (Å²) in [6.07, 6.45) is 0. The fourth-order valence-electron chi connectivity index (χ4n) is 2.02. The summed E-state index contributed by atoms with van der Waals surface area (Å²) in [6, 6.07) is 7.95. The van der Waals surface area contributed by atoms with Gasteiger partial charge in [0, 0.05) is 30.2 Å². The van der Waals surface area contributed by atoms with Crippen molar-refractivity contribution in [1.82, 2.24) is 4.98 Å². The summed E-state index contributed by atoms with van der Waals surface area (Å²) in [5, 5.41) is 0.961. The molecule has 0 saturated heterocycles. The van der Waals surface area contributed by atoms with E-state index in [1.807, 2.05) is 31.3 Å². The fourth-order valence-corrected chi connectivity index (χ4v) is 3.10. The number of nitrogens with zero attached hydrogens (tertiary/aromatic N) is 2. The number of nitrogens with two attached hydrogens (primary N) is 1. The van der Waals surface area contributed by atoms with Gasteiger partial charge in [-0.25, -0.2) is 4.98 Å². The Kier molecular flexibility index (Phi) is 4.62. The van der Waals surface area contributed by atoms with Crippen LogP contribution in [0.25, 0.3) is 0 Å². The van der Waals surface area contributed by atoms with Gasteiger partial charge in [-0.1, -0.05) is 31.3 Å². The summed E-state index contributed by atoms with van der Waals surface area (Å²) in [6.45, 7) is 4.82. The number of methoxy groups -OCH3 is 1. The highest BCUT2D eigenvalue weighted by molar-refractivity contribution is 7.15. The molecule has 2 aromatic rings. The van der Waals surface area contributed by atoms with Gasteiger partial charge in [0.15, 0.2) is 5.13 Å². The molecule has 5 heteroatoms. The first-order valence-electron chi connectivity index (χ1n) is 6.64. The van der Waals surface area contributed by atoms with Crippen molar-refractivity contribution in [2.24, 2.45) is 5.73 Å².